The van der Waals surface area contributed by atoms with E-state index in [4.69, 9.17) is 5.73 Å². The number of nitrogens with zero attached hydrogens (tertiary/aromatic N) is 1. The maximum absolute atomic E-state index is 5.83. The van der Waals surface area contributed by atoms with Gasteiger partial charge in [0.05, 0.1) is 0 Å². The number of benzene rings is 1. The summed E-state index contributed by atoms with van der Waals surface area (Å²) in [5.41, 5.74) is 10.2. The van der Waals surface area contributed by atoms with Gasteiger partial charge < -0.3 is 5.73 Å². The zero-order chi connectivity index (χ0) is 13.3. The fourth-order valence-corrected chi connectivity index (χ4v) is 3.50. The smallest absolute Gasteiger partial charge is 0.0351 e. The molecule has 18 heavy (non-hydrogen) atoms. The van der Waals surface area contributed by atoms with Crippen molar-refractivity contribution in [1.82, 2.24) is 4.90 Å². The quantitative estimate of drug-likeness (QED) is 0.851. The number of hydrogen-bond acceptors (Lipinski definition) is 3. The molecule has 1 heterocycles. The van der Waals surface area contributed by atoms with Crippen molar-refractivity contribution in [2.45, 2.75) is 31.2 Å². The molecular weight excluding hydrogens is 240 g/mol. The van der Waals surface area contributed by atoms with Crippen LogP contribution >= 0.6 is 11.8 Å². The van der Waals surface area contributed by atoms with Crippen LogP contribution in [0.4, 0.5) is 0 Å². The van der Waals surface area contributed by atoms with Crippen molar-refractivity contribution in [3.8, 4) is 0 Å². The van der Waals surface area contributed by atoms with Gasteiger partial charge in [0.1, 0.15) is 0 Å². The van der Waals surface area contributed by atoms with Crippen molar-refractivity contribution in [3.63, 3.8) is 0 Å². The predicted molar refractivity (Wildman–Crippen MR) is 80.2 cm³/mol. The molecule has 0 amide bonds. The number of thioether (sulfide) groups is 1. The minimum absolute atomic E-state index is 0.546. The molecule has 0 spiro atoms. The van der Waals surface area contributed by atoms with Crippen molar-refractivity contribution < 1.29 is 0 Å². The first-order valence-corrected chi connectivity index (χ1v) is 7.84. The standard InChI is InChI=1S/C15H24N2S/c1-10-5-13(18-4)7-14(11(10)2)15-6-12(8-16)9-17(15)3/h5,7,12,15H,6,8-9,16H2,1-4H3. The van der Waals surface area contributed by atoms with Gasteiger partial charge in [0.2, 0.25) is 0 Å². The highest BCUT2D eigenvalue weighted by molar-refractivity contribution is 7.98. The van der Waals surface area contributed by atoms with Crippen molar-refractivity contribution in [2.75, 3.05) is 26.4 Å². The summed E-state index contributed by atoms with van der Waals surface area (Å²) >= 11 is 1.83. The molecule has 2 unspecified atom stereocenters. The second kappa shape index (κ2) is 5.64. The fourth-order valence-electron chi connectivity index (χ4n) is 2.96. The molecule has 1 aliphatic heterocycles. The normalized spacial score (nSPS) is 24.7. The van der Waals surface area contributed by atoms with Crippen LogP contribution in [-0.2, 0) is 0 Å². The maximum Gasteiger partial charge on any atom is 0.0351 e. The Morgan fingerprint density at radius 2 is 2.11 bits per heavy atom. The van der Waals surface area contributed by atoms with E-state index in [1.165, 1.54) is 28.0 Å². The van der Waals surface area contributed by atoms with Gasteiger partial charge in [-0.2, -0.15) is 0 Å². The van der Waals surface area contributed by atoms with E-state index in [0.717, 1.165) is 13.1 Å². The molecule has 2 N–H and O–H groups in total. The Morgan fingerprint density at radius 3 is 2.67 bits per heavy atom. The van der Waals surface area contributed by atoms with Crippen LogP contribution in [0, 0.1) is 19.8 Å². The molecular formula is C15H24N2S. The molecule has 0 aliphatic carbocycles. The van der Waals surface area contributed by atoms with Gasteiger partial charge in [-0.3, -0.25) is 4.90 Å². The Hall–Kier alpha value is -0.510. The van der Waals surface area contributed by atoms with Crippen molar-refractivity contribution in [3.05, 3.63) is 28.8 Å². The largest absolute Gasteiger partial charge is 0.330 e. The summed E-state index contributed by atoms with van der Waals surface area (Å²) in [4.78, 5) is 3.83. The highest BCUT2D eigenvalue weighted by Crippen LogP contribution is 2.37. The lowest BCUT2D eigenvalue weighted by atomic mass is 9.94. The summed E-state index contributed by atoms with van der Waals surface area (Å²) in [7, 11) is 2.22. The number of nitrogens with two attached hydrogens (primary N) is 1. The second-order valence-corrected chi connectivity index (χ2v) is 6.33. The van der Waals surface area contributed by atoms with E-state index < -0.39 is 0 Å². The summed E-state index contributed by atoms with van der Waals surface area (Å²) in [5, 5.41) is 0. The number of aryl methyl sites for hydroxylation is 1. The average Bonchev–Trinajstić information content (AvgIpc) is 2.74. The Bertz CT molecular complexity index is 431. The maximum atomic E-state index is 5.83. The SMILES string of the molecule is CSc1cc(C)c(C)c(C2CC(CN)CN2C)c1. The van der Waals surface area contributed by atoms with Crippen LogP contribution in [-0.4, -0.2) is 31.3 Å². The minimum atomic E-state index is 0.546. The van der Waals surface area contributed by atoms with Gasteiger partial charge >= 0.3 is 0 Å². The molecule has 2 atom stereocenters. The monoisotopic (exact) mass is 264 g/mol. The molecule has 0 saturated carbocycles. The zero-order valence-electron chi connectivity index (χ0n) is 11.9. The fraction of sp³-hybridized carbons (Fsp3) is 0.600. The van der Waals surface area contributed by atoms with E-state index >= 15 is 0 Å². The Balaban J connectivity index is 2.35. The van der Waals surface area contributed by atoms with E-state index in [-0.39, 0.29) is 0 Å². The number of hydrogen-bond donors (Lipinski definition) is 1. The van der Waals surface area contributed by atoms with Gasteiger partial charge in [-0.15, -0.1) is 11.8 Å². The highest BCUT2D eigenvalue weighted by Gasteiger charge is 2.30. The van der Waals surface area contributed by atoms with Crippen LogP contribution in [0.3, 0.4) is 0 Å². The molecule has 1 aliphatic rings. The molecule has 0 radical (unpaired) electrons. The Morgan fingerprint density at radius 1 is 1.39 bits per heavy atom. The van der Waals surface area contributed by atoms with Gasteiger partial charge in [0.15, 0.2) is 0 Å². The van der Waals surface area contributed by atoms with E-state index in [2.05, 4.69) is 44.2 Å². The molecule has 1 aromatic carbocycles. The van der Waals surface area contributed by atoms with Gasteiger partial charge in [0.25, 0.3) is 0 Å². The number of rotatable bonds is 3. The first-order valence-electron chi connectivity index (χ1n) is 6.62. The Kier molecular flexibility index (Phi) is 4.36. The zero-order valence-corrected chi connectivity index (χ0v) is 12.7. The van der Waals surface area contributed by atoms with Crippen molar-refractivity contribution in [2.24, 2.45) is 11.7 Å². The lowest BCUT2D eigenvalue weighted by Crippen LogP contribution is -2.21. The molecule has 1 fully saturated rings. The Labute approximate surface area is 115 Å². The van der Waals surface area contributed by atoms with Crippen LogP contribution < -0.4 is 5.73 Å². The lowest BCUT2D eigenvalue weighted by Gasteiger charge is -2.23. The van der Waals surface area contributed by atoms with E-state index in [1.807, 2.05) is 11.8 Å². The molecule has 1 aromatic rings. The third kappa shape index (κ3) is 2.58. The van der Waals surface area contributed by atoms with Crippen LogP contribution in [0.15, 0.2) is 17.0 Å². The summed E-state index contributed by atoms with van der Waals surface area (Å²) < 4.78 is 0. The first-order chi connectivity index (χ1) is 8.56. The minimum Gasteiger partial charge on any atom is -0.330 e. The summed E-state index contributed by atoms with van der Waals surface area (Å²) in [6, 6.07) is 5.20. The van der Waals surface area contributed by atoms with E-state index in [0.29, 0.717) is 12.0 Å². The second-order valence-electron chi connectivity index (χ2n) is 5.45. The third-order valence-electron chi connectivity index (χ3n) is 4.24. The van der Waals surface area contributed by atoms with Crippen LogP contribution in [0.1, 0.15) is 29.2 Å². The topological polar surface area (TPSA) is 29.3 Å². The molecule has 2 nitrogen and oxygen atoms in total. The summed E-state index contributed by atoms with van der Waals surface area (Å²) in [5.74, 6) is 0.651. The summed E-state index contributed by atoms with van der Waals surface area (Å²) in [6.07, 6.45) is 3.35. The van der Waals surface area contributed by atoms with Gasteiger partial charge in [-0.25, -0.2) is 0 Å². The van der Waals surface area contributed by atoms with E-state index in [9.17, 15) is 0 Å². The predicted octanol–water partition coefficient (Wildman–Crippen LogP) is 2.98. The van der Waals surface area contributed by atoms with Crippen molar-refractivity contribution >= 4 is 11.8 Å². The van der Waals surface area contributed by atoms with Gasteiger partial charge in [0, 0.05) is 17.5 Å². The molecule has 2 rings (SSSR count). The van der Waals surface area contributed by atoms with Gasteiger partial charge in [-0.1, -0.05) is 0 Å². The molecule has 0 bridgehead atoms. The van der Waals surface area contributed by atoms with Crippen LogP contribution in [0.2, 0.25) is 0 Å². The molecule has 3 heteroatoms. The van der Waals surface area contributed by atoms with Crippen LogP contribution in [0.5, 0.6) is 0 Å². The molecule has 0 aromatic heterocycles. The summed E-state index contributed by atoms with van der Waals surface area (Å²) in [6.45, 7) is 6.40. The highest BCUT2D eigenvalue weighted by atomic mass is 32.2. The number of likely N-dealkylation sites (tertiary alicyclic amines) is 1. The first kappa shape index (κ1) is 13.9. The van der Waals surface area contributed by atoms with Crippen LogP contribution in [0.25, 0.3) is 0 Å². The molecule has 1 saturated heterocycles. The van der Waals surface area contributed by atoms with E-state index in [1.54, 1.807) is 0 Å². The van der Waals surface area contributed by atoms with Crippen molar-refractivity contribution in [1.29, 1.82) is 0 Å². The third-order valence-corrected chi connectivity index (χ3v) is 4.95. The van der Waals surface area contributed by atoms with Gasteiger partial charge in [-0.05, 0) is 74.9 Å². The molecule has 100 valence electrons. The lowest BCUT2D eigenvalue weighted by molar-refractivity contribution is 0.312. The average molecular weight is 264 g/mol.